The minimum atomic E-state index is 0.0391. The molecule has 0 unspecified atom stereocenters. The smallest absolute Gasteiger partial charge is 0.319 e. The number of urea groups is 1. The second-order valence-corrected chi connectivity index (χ2v) is 8.32. The number of hydrogen-bond acceptors (Lipinski definition) is 6. The molecule has 0 bridgehead atoms. The first-order valence-corrected chi connectivity index (χ1v) is 10.6. The van der Waals surface area contributed by atoms with Gasteiger partial charge in [-0.05, 0) is 36.3 Å². The average molecular weight is 420 g/mol. The van der Waals surface area contributed by atoms with Crippen molar-refractivity contribution >= 4 is 55.7 Å². The average Bonchev–Trinajstić information content (AvgIpc) is 3.40. The highest BCUT2D eigenvalue weighted by atomic mass is 32.1. The Bertz CT molecular complexity index is 1270. The van der Waals surface area contributed by atoms with Crippen LogP contribution in [-0.4, -0.2) is 63.0 Å². The van der Waals surface area contributed by atoms with E-state index in [1.165, 1.54) is 5.57 Å². The van der Waals surface area contributed by atoms with Gasteiger partial charge in [0.05, 0.1) is 21.1 Å². The van der Waals surface area contributed by atoms with Crippen LogP contribution < -0.4 is 5.32 Å². The summed E-state index contributed by atoms with van der Waals surface area (Å²) in [5.74, 6) is 0.757. The lowest BCUT2D eigenvalue weighted by Crippen LogP contribution is -2.41. The number of anilines is 2. The number of thiazole rings is 1. The van der Waals surface area contributed by atoms with E-state index >= 15 is 0 Å². The Kier molecular flexibility index (Phi) is 4.59. The lowest BCUT2D eigenvalue weighted by molar-refractivity contribution is 0.176. The number of H-pyrrole nitrogens is 1. The highest BCUT2D eigenvalue weighted by molar-refractivity contribution is 7.16. The molecule has 30 heavy (non-hydrogen) atoms. The van der Waals surface area contributed by atoms with Crippen LogP contribution in [0.25, 0.3) is 26.8 Å². The van der Waals surface area contributed by atoms with Crippen molar-refractivity contribution in [2.45, 2.75) is 6.42 Å². The lowest BCUT2D eigenvalue weighted by atomic mass is 10.1. The zero-order valence-electron chi connectivity index (χ0n) is 16.7. The number of aromatic amines is 1. The van der Waals surface area contributed by atoms with E-state index in [-0.39, 0.29) is 6.03 Å². The number of nitrogens with zero attached hydrogens (tertiary/aromatic N) is 5. The van der Waals surface area contributed by atoms with Gasteiger partial charge in [0.25, 0.3) is 0 Å². The summed E-state index contributed by atoms with van der Waals surface area (Å²) in [4.78, 5) is 32.2. The molecule has 1 aliphatic rings. The fourth-order valence-electron chi connectivity index (χ4n) is 3.65. The van der Waals surface area contributed by atoms with Gasteiger partial charge in [0.1, 0.15) is 17.8 Å². The molecule has 5 rings (SSSR count). The highest BCUT2D eigenvalue weighted by Gasteiger charge is 2.20. The first kappa shape index (κ1) is 18.6. The summed E-state index contributed by atoms with van der Waals surface area (Å²) in [6.07, 6.45) is 4.46. The quantitative estimate of drug-likeness (QED) is 0.522. The van der Waals surface area contributed by atoms with Crippen molar-refractivity contribution < 1.29 is 4.79 Å². The lowest BCUT2D eigenvalue weighted by Gasteiger charge is -2.28. The van der Waals surface area contributed by atoms with Crippen molar-refractivity contribution in [2.75, 3.05) is 32.5 Å². The Morgan fingerprint density at radius 3 is 2.93 bits per heavy atom. The van der Waals surface area contributed by atoms with Crippen molar-refractivity contribution in [1.29, 1.82) is 0 Å². The molecule has 4 aromatic rings. The maximum absolute atomic E-state index is 12.1. The Balaban J connectivity index is 1.42. The second kappa shape index (κ2) is 7.42. The first-order valence-electron chi connectivity index (χ1n) is 9.68. The van der Waals surface area contributed by atoms with Crippen LogP contribution in [0.4, 0.5) is 16.3 Å². The summed E-state index contributed by atoms with van der Waals surface area (Å²) in [6.45, 7) is 1.30. The molecule has 0 saturated heterocycles. The predicted molar refractivity (Wildman–Crippen MR) is 120 cm³/mol. The van der Waals surface area contributed by atoms with Crippen molar-refractivity contribution in [3.63, 3.8) is 0 Å². The van der Waals surface area contributed by atoms with E-state index in [0.717, 1.165) is 44.9 Å². The van der Waals surface area contributed by atoms with Gasteiger partial charge >= 0.3 is 6.03 Å². The Hall–Kier alpha value is -3.46. The molecule has 0 atom stereocenters. The summed E-state index contributed by atoms with van der Waals surface area (Å²) in [7, 11) is 3.55. The van der Waals surface area contributed by atoms with Crippen molar-refractivity contribution in [2.24, 2.45) is 0 Å². The van der Waals surface area contributed by atoms with E-state index in [1.807, 2.05) is 22.5 Å². The summed E-state index contributed by atoms with van der Waals surface area (Å²) < 4.78 is 1.13. The van der Waals surface area contributed by atoms with Gasteiger partial charge in [-0.25, -0.2) is 19.7 Å². The van der Waals surface area contributed by atoms with Crippen LogP contribution in [0.1, 0.15) is 12.1 Å². The van der Waals surface area contributed by atoms with Gasteiger partial charge in [-0.3, -0.25) is 0 Å². The number of aromatic nitrogens is 4. The largest absolute Gasteiger partial charge is 0.340 e. The summed E-state index contributed by atoms with van der Waals surface area (Å²) in [6, 6.07) is 8.20. The number of nitrogens with one attached hydrogen (secondary N) is 2. The van der Waals surface area contributed by atoms with Crippen molar-refractivity contribution in [1.82, 2.24) is 29.7 Å². The van der Waals surface area contributed by atoms with Crippen LogP contribution in [-0.2, 0) is 0 Å². The van der Waals surface area contributed by atoms with E-state index in [1.54, 1.807) is 36.7 Å². The van der Waals surface area contributed by atoms with E-state index in [4.69, 9.17) is 0 Å². The standard InChI is InChI=1S/C21H21N7OS/c1-27(2)21(29)28-7-5-13(6-8-28)17-10-15-19(22-11-23-20(15)26-17)25-14-3-4-16-18(9-14)30-12-24-16/h3-5,9-12H,6-8H2,1-2H3,(H2,22,23,25,26). The molecule has 152 valence electrons. The maximum atomic E-state index is 12.1. The molecule has 0 radical (unpaired) electrons. The fourth-order valence-corrected chi connectivity index (χ4v) is 4.37. The molecular weight excluding hydrogens is 398 g/mol. The summed E-state index contributed by atoms with van der Waals surface area (Å²) in [5, 5.41) is 4.34. The Morgan fingerprint density at radius 2 is 2.13 bits per heavy atom. The van der Waals surface area contributed by atoms with Crippen molar-refractivity contribution in [3.8, 4) is 0 Å². The monoisotopic (exact) mass is 419 g/mol. The number of fused-ring (bicyclic) bond motifs is 2. The molecule has 2 amide bonds. The van der Waals surface area contributed by atoms with Crippen LogP contribution >= 0.6 is 11.3 Å². The van der Waals surface area contributed by atoms with Gasteiger partial charge in [-0.2, -0.15) is 0 Å². The summed E-state index contributed by atoms with van der Waals surface area (Å²) in [5.41, 5.74) is 6.80. The molecular formula is C21H21N7OS. The third-order valence-electron chi connectivity index (χ3n) is 5.23. The topological polar surface area (TPSA) is 90.0 Å². The van der Waals surface area contributed by atoms with Crippen LogP contribution in [0, 0.1) is 0 Å². The predicted octanol–water partition coefficient (Wildman–Crippen LogP) is 4.08. The number of rotatable bonds is 3. The Labute approximate surface area is 177 Å². The summed E-state index contributed by atoms with van der Waals surface area (Å²) >= 11 is 1.61. The first-order chi connectivity index (χ1) is 14.6. The normalized spacial score (nSPS) is 14.2. The van der Waals surface area contributed by atoms with Crippen molar-refractivity contribution in [3.05, 3.63) is 47.9 Å². The second-order valence-electron chi connectivity index (χ2n) is 7.43. The molecule has 9 heteroatoms. The zero-order valence-corrected chi connectivity index (χ0v) is 17.5. The van der Waals surface area contributed by atoms with E-state index in [0.29, 0.717) is 13.1 Å². The highest BCUT2D eigenvalue weighted by Crippen LogP contribution is 2.30. The van der Waals surface area contributed by atoms with Gasteiger partial charge in [0.2, 0.25) is 0 Å². The third kappa shape index (κ3) is 3.37. The van der Waals surface area contributed by atoms with Crippen LogP contribution in [0.15, 0.2) is 42.2 Å². The van der Waals surface area contributed by atoms with Gasteiger partial charge in [0, 0.05) is 38.6 Å². The molecule has 1 aromatic carbocycles. The van der Waals surface area contributed by atoms with Crippen LogP contribution in [0.2, 0.25) is 0 Å². The SMILES string of the molecule is CN(C)C(=O)N1CC=C(c2cc3c(Nc4ccc5ncsc5c4)ncnc3[nH]2)CC1. The number of amides is 2. The number of carbonyl (C=O) groups excluding carboxylic acids is 1. The molecule has 8 nitrogen and oxygen atoms in total. The van der Waals surface area contributed by atoms with E-state index < -0.39 is 0 Å². The van der Waals surface area contributed by atoms with Crippen LogP contribution in [0.5, 0.6) is 0 Å². The van der Waals surface area contributed by atoms with E-state index in [9.17, 15) is 4.79 Å². The minimum Gasteiger partial charge on any atom is -0.340 e. The van der Waals surface area contributed by atoms with Gasteiger partial charge in [-0.1, -0.05) is 6.08 Å². The van der Waals surface area contributed by atoms with E-state index in [2.05, 4.69) is 43.5 Å². The van der Waals surface area contributed by atoms with Gasteiger partial charge in [-0.15, -0.1) is 11.3 Å². The maximum Gasteiger partial charge on any atom is 0.319 e. The number of carbonyl (C=O) groups is 1. The molecule has 0 fully saturated rings. The minimum absolute atomic E-state index is 0.0391. The molecule has 1 aliphatic heterocycles. The van der Waals surface area contributed by atoms with Gasteiger partial charge < -0.3 is 20.1 Å². The molecule has 0 saturated carbocycles. The van der Waals surface area contributed by atoms with Gasteiger partial charge in [0.15, 0.2) is 0 Å². The fraction of sp³-hybridized carbons (Fsp3) is 0.238. The Morgan fingerprint density at radius 1 is 1.23 bits per heavy atom. The number of benzene rings is 1. The number of hydrogen-bond donors (Lipinski definition) is 2. The molecule has 0 aliphatic carbocycles. The van der Waals surface area contributed by atoms with Crippen LogP contribution in [0.3, 0.4) is 0 Å². The molecule has 2 N–H and O–H groups in total. The third-order valence-corrected chi connectivity index (χ3v) is 6.02. The molecule has 0 spiro atoms. The zero-order chi connectivity index (χ0) is 20.7. The molecule has 4 heterocycles. The molecule has 3 aromatic heterocycles.